The fourth-order valence-electron chi connectivity index (χ4n) is 4.71. The Morgan fingerprint density at radius 3 is 2.55 bits per heavy atom. The number of benzene rings is 2. The minimum atomic E-state index is -0.335. The summed E-state index contributed by atoms with van der Waals surface area (Å²) in [5.41, 5.74) is 2.95. The van der Waals surface area contributed by atoms with E-state index in [0.29, 0.717) is 17.8 Å². The van der Waals surface area contributed by atoms with Crippen LogP contribution in [-0.2, 0) is 0 Å². The summed E-state index contributed by atoms with van der Waals surface area (Å²) in [5.74, 6) is -0.209. The van der Waals surface area contributed by atoms with Crippen LogP contribution in [0.4, 0.5) is 16.2 Å². The number of amides is 3. The molecule has 0 spiro atoms. The maximum atomic E-state index is 13.2. The van der Waals surface area contributed by atoms with Crippen LogP contribution >= 0.6 is 0 Å². The minimum absolute atomic E-state index is 0.0254. The molecule has 1 aromatic heterocycles. The highest BCUT2D eigenvalue weighted by Crippen LogP contribution is 2.48. The van der Waals surface area contributed by atoms with E-state index in [1.165, 1.54) is 6.20 Å². The van der Waals surface area contributed by atoms with E-state index in [4.69, 9.17) is 0 Å². The third-order valence-electron chi connectivity index (χ3n) is 6.10. The van der Waals surface area contributed by atoms with Crippen molar-refractivity contribution in [2.24, 2.45) is 0 Å². The summed E-state index contributed by atoms with van der Waals surface area (Å²) < 4.78 is 0. The standard InChI is InChI=1S/C24H22N4O3/c29-15-21-22-18-10-4-5-11-19(18)27(24(31)26-17-8-2-1-3-9-17)14-20(22)28(21)23(30)16-7-6-12-25-13-16/h1-13,20-22,29H,14-15H2,(H,26,31)/t20-,21-,22+/m1/s1. The van der Waals surface area contributed by atoms with Crippen molar-refractivity contribution in [3.05, 3.63) is 90.3 Å². The van der Waals surface area contributed by atoms with Crippen molar-refractivity contribution >= 4 is 23.3 Å². The fraction of sp³-hybridized carbons (Fsp3) is 0.208. The minimum Gasteiger partial charge on any atom is -0.394 e. The third kappa shape index (κ3) is 3.23. The Labute approximate surface area is 179 Å². The van der Waals surface area contributed by atoms with E-state index in [9.17, 15) is 14.7 Å². The molecule has 2 aromatic carbocycles. The van der Waals surface area contributed by atoms with Gasteiger partial charge in [0.2, 0.25) is 0 Å². The number of aliphatic hydroxyl groups excluding tert-OH is 1. The molecule has 7 heteroatoms. The summed E-state index contributed by atoms with van der Waals surface area (Å²) in [6.45, 7) is 0.209. The third-order valence-corrected chi connectivity index (χ3v) is 6.10. The van der Waals surface area contributed by atoms with Crippen molar-refractivity contribution in [2.75, 3.05) is 23.4 Å². The van der Waals surface area contributed by atoms with Gasteiger partial charge < -0.3 is 15.3 Å². The molecule has 3 atom stereocenters. The monoisotopic (exact) mass is 414 g/mol. The second-order valence-corrected chi connectivity index (χ2v) is 7.76. The number of urea groups is 1. The molecule has 2 N–H and O–H groups in total. The topological polar surface area (TPSA) is 85.8 Å². The number of anilines is 2. The van der Waals surface area contributed by atoms with E-state index in [1.54, 1.807) is 28.1 Å². The lowest BCUT2D eigenvalue weighted by Crippen LogP contribution is -2.71. The number of hydrogen-bond acceptors (Lipinski definition) is 4. The van der Waals surface area contributed by atoms with Crippen molar-refractivity contribution in [1.29, 1.82) is 0 Å². The summed E-state index contributed by atoms with van der Waals surface area (Å²) >= 11 is 0. The summed E-state index contributed by atoms with van der Waals surface area (Å²) in [6.07, 6.45) is 3.15. The van der Waals surface area contributed by atoms with Gasteiger partial charge in [-0.2, -0.15) is 0 Å². The average Bonchev–Trinajstić information content (AvgIpc) is 2.80. The molecule has 5 rings (SSSR count). The van der Waals surface area contributed by atoms with E-state index >= 15 is 0 Å². The molecule has 3 heterocycles. The molecule has 1 fully saturated rings. The number of nitrogens with one attached hydrogen (secondary N) is 1. The molecule has 0 saturated carbocycles. The van der Waals surface area contributed by atoms with Gasteiger partial charge in [0.1, 0.15) is 0 Å². The Bertz CT molecular complexity index is 1110. The number of carbonyl (C=O) groups excluding carboxylic acids is 2. The molecule has 3 amide bonds. The molecule has 156 valence electrons. The molecule has 7 nitrogen and oxygen atoms in total. The zero-order valence-corrected chi connectivity index (χ0v) is 16.8. The Balaban J connectivity index is 1.48. The van der Waals surface area contributed by atoms with E-state index in [2.05, 4.69) is 10.3 Å². The molecule has 2 aliphatic heterocycles. The van der Waals surface area contributed by atoms with Crippen molar-refractivity contribution in [2.45, 2.75) is 18.0 Å². The number of aromatic nitrogens is 1. The number of hydrogen-bond donors (Lipinski definition) is 2. The summed E-state index contributed by atoms with van der Waals surface area (Å²) in [6, 6.07) is 19.6. The summed E-state index contributed by atoms with van der Waals surface area (Å²) in [4.78, 5) is 33.8. The van der Waals surface area contributed by atoms with Gasteiger partial charge in [0.25, 0.3) is 5.91 Å². The first-order valence-corrected chi connectivity index (χ1v) is 10.2. The van der Waals surface area contributed by atoms with E-state index in [-0.39, 0.29) is 36.5 Å². The number of fused-ring (bicyclic) bond motifs is 3. The van der Waals surface area contributed by atoms with Gasteiger partial charge in [-0.3, -0.25) is 14.7 Å². The molecule has 0 bridgehead atoms. The lowest BCUT2D eigenvalue weighted by atomic mass is 9.71. The van der Waals surface area contributed by atoms with Gasteiger partial charge in [-0.15, -0.1) is 0 Å². The number of nitrogens with zero attached hydrogens (tertiary/aromatic N) is 3. The average molecular weight is 414 g/mol. The SMILES string of the molecule is O=C(Nc1ccccc1)N1C[C@@H]2[C@H](c3ccccc31)[C@@H](CO)N2C(=O)c1cccnc1. The van der Waals surface area contributed by atoms with Crippen LogP contribution in [0, 0.1) is 0 Å². The fourth-order valence-corrected chi connectivity index (χ4v) is 4.71. The first-order chi connectivity index (χ1) is 15.2. The van der Waals surface area contributed by atoms with Crippen LogP contribution in [0.1, 0.15) is 21.8 Å². The van der Waals surface area contributed by atoms with E-state index in [1.807, 2.05) is 54.6 Å². The van der Waals surface area contributed by atoms with Gasteiger partial charge in [-0.25, -0.2) is 4.79 Å². The number of aliphatic hydroxyl groups is 1. The highest BCUT2D eigenvalue weighted by atomic mass is 16.3. The largest absolute Gasteiger partial charge is 0.394 e. The van der Waals surface area contributed by atoms with Gasteiger partial charge in [0.05, 0.1) is 24.3 Å². The Morgan fingerprint density at radius 1 is 1.03 bits per heavy atom. The molecule has 3 aromatic rings. The van der Waals surface area contributed by atoms with Gasteiger partial charge in [0.15, 0.2) is 0 Å². The highest BCUT2D eigenvalue weighted by molar-refractivity contribution is 6.03. The van der Waals surface area contributed by atoms with Crippen molar-refractivity contribution in [1.82, 2.24) is 9.88 Å². The second-order valence-electron chi connectivity index (χ2n) is 7.76. The quantitative estimate of drug-likeness (QED) is 0.690. The number of carbonyl (C=O) groups is 2. The van der Waals surface area contributed by atoms with Crippen molar-refractivity contribution < 1.29 is 14.7 Å². The zero-order chi connectivity index (χ0) is 21.4. The van der Waals surface area contributed by atoms with Crippen LogP contribution in [0.3, 0.4) is 0 Å². The van der Waals surface area contributed by atoms with Crippen LogP contribution in [0.15, 0.2) is 79.1 Å². The zero-order valence-electron chi connectivity index (χ0n) is 16.8. The van der Waals surface area contributed by atoms with Crippen molar-refractivity contribution in [3.8, 4) is 0 Å². The molecular weight excluding hydrogens is 392 g/mol. The van der Waals surface area contributed by atoms with Gasteiger partial charge >= 0.3 is 6.03 Å². The number of rotatable bonds is 3. The van der Waals surface area contributed by atoms with Crippen molar-refractivity contribution in [3.63, 3.8) is 0 Å². The van der Waals surface area contributed by atoms with Crippen LogP contribution in [0.25, 0.3) is 0 Å². The summed E-state index contributed by atoms with van der Waals surface area (Å²) in [7, 11) is 0. The highest BCUT2D eigenvalue weighted by Gasteiger charge is 2.55. The molecule has 31 heavy (non-hydrogen) atoms. The first-order valence-electron chi connectivity index (χ1n) is 10.2. The predicted octanol–water partition coefficient (Wildman–Crippen LogP) is 3.10. The van der Waals surface area contributed by atoms with Crippen LogP contribution in [0.5, 0.6) is 0 Å². The lowest BCUT2D eigenvalue weighted by molar-refractivity contribution is -0.0241. The van der Waals surface area contributed by atoms with Crippen LogP contribution < -0.4 is 10.2 Å². The number of likely N-dealkylation sites (tertiary alicyclic amines) is 1. The second kappa shape index (κ2) is 7.85. The predicted molar refractivity (Wildman–Crippen MR) is 117 cm³/mol. The molecule has 0 unspecified atom stereocenters. The van der Waals surface area contributed by atoms with Gasteiger partial charge in [-0.1, -0.05) is 36.4 Å². The maximum absolute atomic E-state index is 13.2. The Morgan fingerprint density at radius 2 is 1.81 bits per heavy atom. The lowest BCUT2D eigenvalue weighted by Gasteiger charge is -2.58. The smallest absolute Gasteiger partial charge is 0.326 e. The Hall–Kier alpha value is -3.71. The molecular formula is C24H22N4O3. The van der Waals surface area contributed by atoms with Gasteiger partial charge in [0, 0.05) is 36.2 Å². The molecule has 0 radical (unpaired) electrons. The first kappa shape index (κ1) is 19.3. The van der Waals surface area contributed by atoms with Crippen LogP contribution in [0.2, 0.25) is 0 Å². The number of pyridine rings is 1. The van der Waals surface area contributed by atoms with E-state index < -0.39 is 0 Å². The Kier molecular flexibility index (Phi) is 4.88. The molecule has 1 saturated heterocycles. The van der Waals surface area contributed by atoms with E-state index in [0.717, 1.165) is 11.3 Å². The number of para-hydroxylation sites is 2. The molecule has 0 aliphatic carbocycles. The summed E-state index contributed by atoms with van der Waals surface area (Å²) in [5, 5.41) is 13.0. The van der Waals surface area contributed by atoms with Crippen LogP contribution in [-0.4, -0.2) is 52.2 Å². The maximum Gasteiger partial charge on any atom is 0.326 e. The molecule has 2 aliphatic rings. The van der Waals surface area contributed by atoms with Gasteiger partial charge in [-0.05, 0) is 35.9 Å². The normalized spacial score (nSPS) is 21.5.